The number of hydrogen-bond acceptors (Lipinski definition) is 4. The number of likely N-dealkylation sites (tertiary alicyclic amines) is 1. The lowest BCUT2D eigenvalue weighted by Crippen LogP contribution is -2.29. The van der Waals surface area contributed by atoms with Crippen LogP contribution in [-0.2, 0) is 6.61 Å². The molecule has 1 aliphatic rings. The third-order valence-electron chi connectivity index (χ3n) is 4.99. The Hall–Kier alpha value is -2.04. The lowest BCUT2D eigenvalue weighted by molar-refractivity contribution is 0.213. The molecule has 140 valence electrons. The molecule has 0 atom stereocenters. The summed E-state index contributed by atoms with van der Waals surface area (Å²) in [6, 6.07) is 13.8. The van der Waals surface area contributed by atoms with Gasteiger partial charge in [0.1, 0.15) is 18.1 Å². The molecule has 0 aliphatic carbocycles. The summed E-state index contributed by atoms with van der Waals surface area (Å²) in [7, 11) is 1.66. The van der Waals surface area contributed by atoms with Crippen molar-refractivity contribution in [3.05, 3.63) is 48.0 Å². The van der Waals surface area contributed by atoms with Gasteiger partial charge in [0.05, 0.1) is 13.7 Å². The van der Waals surface area contributed by atoms with Gasteiger partial charge in [0.25, 0.3) is 0 Å². The maximum Gasteiger partial charge on any atom is 0.123 e. The highest BCUT2D eigenvalue weighted by Gasteiger charge is 2.11. The van der Waals surface area contributed by atoms with Crippen LogP contribution < -0.4 is 9.47 Å². The van der Waals surface area contributed by atoms with E-state index in [-0.39, 0.29) is 6.61 Å². The van der Waals surface area contributed by atoms with Gasteiger partial charge in [-0.05, 0) is 54.8 Å². The van der Waals surface area contributed by atoms with Crippen molar-refractivity contribution in [2.24, 2.45) is 0 Å². The molecule has 1 aliphatic heterocycles. The highest BCUT2D eigenvalue weighted by Crippen LogP contribution is 2.32. The van der Waals surface area contributed by atoms with Crippen molar-refractivity contribution in [3.63, 3.8) is 0 Å². The van der Waals surface area contributed by atoms with E-state index < -0.39 is 0 Å². The van der Waals surface area contributed by atoms with Crippen molar-refractivity contribution in [2.75, 3.05) is 33.4 Å². The van der Waals surface area contributed by atoms with Gasteiger partial charge >= 0.3 is 0 Å². The smallest absolute Gasteiger partial charge is 0.123 e. The van der Waals surface area contributed by atoms with Gasteiger partial charge in [-0.3, -0.25) is 4.90 Å². The first-order valence-electron chi connectivity index (χ1n) is 9.53. The van der Waals surface area contributed by atoms with Crippen LogP contribution in [0.2, 0.25) is 0 Å². The molecule has 0 bridgehead atoms. The molecular weight excluding hydrogens is 326 g/mol. The maximum atomic E-state index is 9.62. The minimum absolute atomic E-state index is 0.0124. The fourth-order valence-electron chi connectivity index (χ4n) is 3.52. The number of ether oxygens (including phenoxy) is 2. The molecule has 1 heterocycles. The summed E-state index contributed by atoms with van der Waals surface area (Å²) < 4.78 is 11.5. The first-order chi connectivity index (χ1) is 12.8. The molecule has 4 heteroatoms. The molecule has 3 rings (SSSR count). The summed E-state index contributed by atoms with van der Waals surface area (Å²) in [6.07, 6.45) is 5.28. The molecule has 2 aromatic rings. The fourth-order valence-corrected chi connectivity index (χ4v) is 3.52. The van der Waals surface area contributed by atoms with Crippen LogP contribution in [0.15, 0.2) is 42.5 Å². The Kier molecular flexibility index (Phi) is 6.92. The Morgan fingerprint density at radius 1 is 0.962 bits per heavy atom. The monoisotopic (exact) mass is 355 g/mol. The average Bonchev–Trinajstić information content (AvgIpc) is 2.96. The number of hydrogen-bond donors (Lipinski definition) is 1. The summed E-state index contributed by atoms with van der Waals surface area (Å²) in [5.41, 5.74) is 2.90. The minimum atomic E-state index is 0.0124. The van der Waals surface area contributed by atoms with Gasteiger partial charge in [0.2, 0.25) is 0 Å². The number of aliphatic hydroxyl groups is 1. The molecule has 1 saturated heterocycles. The van der Waals surface area contributed by atoms with Crippen LogP contribution in [0.3, 0.4) is 0 Å². The van der Waals surface area contributed by atoms with Crippen LogP contribution in [0.5, 0.6) is 11.5 Å². The second kappa shape index (κ2) is 9.60. The van der Waals surface area contributed by atoms with E-state index in [0.29, 0.717) is 6.61 Å². The molecule has 2 aromatic carbocycles. The third-order valence-corrected chi connectivity index (χ3v) is 4.99. The zero-order valence-electron chi connectivity index (χ0n) is 15.6. The average molecular weight is 355 g/mol. The molecule has 0 unspecified atom stereocenters. The summed E-state index contributed by atoms with van der Waals surface area (Å²) >= 11 is 0. The zero-order chi connectivity index (χ0) is 18.2. The number of aliphatic hydroxyl groups excluding tert-OH is 1. The van der Waals surface area contributed by atoms with E-state index in [0.717, 1.165) is 34.7 Å². The number of rotatable bonds is 7. The summed E-state index contributed by atoms with van der Waals surface area (Å²) in [5, 5.41) is 9.62. The van der Waals surface area contributed by atoms with Crippen molar-refractivity contribution in [1.82, 2.24) is 4.90 Å². The normalized spacial score (nSPS) is 15.5. The lowest BCUT2D eigenvalue weighted by atomic mass is 9.99. The molecule has 4 nitrogen and oxygen atoms in total. The lowest BCUT2D eigenvalue weighted by Gasteiger charge is -2.20. The standard InChI is InChI=1S/C22H29NO3/c1-25-20-14-19(22-9-5-4-8-18(22)17-24)15-21(16-20)26-13-12-23-10-6-2-3-7-11-23/h4-5,8-9,14-16,24H,2-3,6-7,10-13,17H2,1H3. The van der Waals surface area contributed by atoms with E-state index in [1.807, 2.05) is 42.5 Å². The van der Waals surface area contributed by atoms with Crippen molar-refractivity contribution in [1.29, 1.82) is 0 Å². The molecule has 1 fully saturated rings. The van der Waals surface area contributed by atoms with Crippen molar-refractivity contribution in [3.8, 4) is 22.6 Å². The first kappa shape index (κ1) is 18.7. The van der Waals surface area contributed by atoms with E-state index in [1.54, 1.807) is 7.11 Å². The molecule has 26 heavy (non-hydrogen) atoms. The number of nitrogens with zero attached hydrogens (tertiary/aromatic N) is 1. The topological polar surface area (TPSA) is 41.9 Å². The van der Waals surface area contributed by atoms with E-state index >= 15 is 0 Å². The van der Waals surface area contributed by atoms with Gasteiger partial charge in [-0.2, -0.15) is 0 Å². The Balaban J connectivity index is 1.71. The van der Waals surface area contributed by atoms with Gasteiger partial charge in [-0.25, -0.2) is 0 Å². The van der Waals surface area contributed by atoms with Crippen LogP contribution >= 0.6 is 0 Å². The Bertz CT molecular complexity index is 694. The van der Waals surface area contributed by atoms with E-state index in [2.05, 4.69) is 4.90 Å². The number of benzene rings is 2. The van der Waals surface area contributed by atoms with Crippen molar-refractivity contribution < 1.29 is 14.6 Å². The fraction of sp³-hybridized carbons (Fsp3) is 0.455. The zero-order valence-corrected chi connectivity index (χ0v) is 15.6. The first-order valence-corrected chi connectivity index (χ1v) is 9.53. The second-order valence-corrected chi connectivity index (χ2v) is 6.82. The summed E-state index contributed by atoms with van der Waals surface area (Å²) in [4.78, 5) is 2.50. The van der Waals surface area contributed by atoms with Crippen molar-refractivity contribution in [2.45, 2.75) is 32.3 Å². The van der Waals surface area contributed by atoms with E-state index in [1.165, 1.54) is 38.8 Å². The molecule has 0 aromatic heterocycles. The van der Waals surface area contributed by atoms with Crippen LogP contribution in [0.1, 0.15) is 31.2 Å². The molecular formula is C22H29NO3. The molecule has 1 N–H and O–H groups in total. The van der Waals surface area contributed by atoms with Gasteiger partial charge in [-0.1, -0.05) is 37.1 Å². The van der Waals surface area contributed by atoms with Crippen molar-refractivity contribution >= 4 is 0 Å². The highest BCUT2D eigenvalue weighted by atomic mass is 16.5. The largest absolute Gasteiger partial charge is 0.497 e. The van der Waals surface area contributed by atoms with Gasteiger partial charge in [0, 0.05) is 12.6 Å². The number of methoxy groups -OCH3 is 1. The van der Waals surface area contributed by atoms with Gasteiger partial charge < -0.3 is 14.6 Å². The molecule has 0 radical (unpaired) electrons. The maximum absolute atomic E-state index is 9.62. The molecule has 0 saturated carbocycles. The van der Waals surface area contributed by atoms with Crippen LogP contribution in [-0.4, -0.2) is 43.4 Å². The minimum Gasteiger partial charge on any atom is -0.497 e. The predicted octanol–water partition coefficient (Wildman–Crippen LogP) is 4.11. The van der Waals surface area contributed by atoms with Gasteiger partial charge in [0.15, 0.2) is 0 Å². The summed E-state index contributed by atoms with van der Waals surface area (Å²) in [6.45, 7) is 4.00. The quantitative estimate of drug-likeness (QED) is 0.812. The Morgan fingerprint density at radius 3 is 2.42 bits per heavy atom. The predicted molar refractivity (Wildman–Crippen MR) is 105 cm³/mol. The van der Waals surface area contributed by atoms with Crippen LogP contribution in [0.4, 0.5) is 0 Å². The highest BCUT2D eigenvalue weighted by molar-refractivity contribution is 5.70. The molecule has 0 amide bonds. The van der Waals surface area contributed by atoms with Gasteiger partial charge in [-0.15, -0.1) is 0 Å². The third kappa shape index (κ3) is 4.99. The van der Waals surface area contributed by atoms with Crippen LogP contribution in [0.25, 0.3) is 11.1 Å². The van der Waals surface area contributed by atoms with Crippen LogP contribution in [0, 0.1) is 0 Å². The summed E-state index contributed by atoms with van der Waals surface area (Å²) in [5.74, 6) is 1.57. The Labute approximate surface area is 156 Å². The SMILES string of the molecule is COc1cc(OCCN2CCCCCC2)cc(-c2ccccc2CO)c1. The second-order valence-electron chi connectivity index (χ2n) is 6.82. The Morgan fingerprint density at radius 2 is 1.69 bits per heavy atom. The van der Waals surface area contributed by atoms with E-state index in [9.17, 15) is 5.11 Å². The van der Waals surface area contributed by atoms with E-state index in [4.69, 9.17) is 9.47 Å². The molecule has 0 spiro atoms.